The molecular formula is C9H11NO4. The molecule has 1 aromatic rings. The molecule has 0 radical (unpaired) electrons. The summed E-state index contributed by atoms with van der Waals surface area (Å²) in [6.07, 6.45) is 1.93. The van der Waals surface area contributed by atoms with Crippen LogP contribution in [0.4, 0.5) is 0 Å². The number of esters is 1. The lowest BCUT2D eigenvalue weighted by atomic mass is 10.2. The van der Waals surface area contributed by atoms with E-state index in [1.165, 1.54) is 0 Å². The van der Waals surface area contributed by atoms with E-state index in [4.69, 9.17) is 9.26 Å². The number of ether oxygens (including phenoxy) is 1. The van der Waals surface area contributed by atoms with Gasteiger partial charge in [0.25, 0.3) is 5.56 Å². The summed E-state index contributed by atoms with van der Waals surface area (Å²) >= 11 is 0. The highest BCUT2D eigenvalue weighted by Gasteiger charge is 2.34. The minimum atomic E-state index is -0.593. The van der Waals surface area contributed by atoms with Gasteiger partial charge < -0.3 is 9.26 Å². The second kappa shape index (κ2) is 3.32. The molecule has 1 N–H and O–H groups in total. The SMILES string of the molecule is CCOC(=O)c1c(C2CC2)o[nH]c1=O. The third-order valence-electron chi connectivity index (χ3n) is 2.15. The van der Waals surface area contributed by atoms with Crippen molar-refractivity contribution in [2.75, 3.05) is 6.61 Å². The fourth-order valence-electron chi connectivity index (χ4n) is 1.34. The summed E-state index contributed by atoms with van der Waals surface area (Å²) in [5.41, 5.74) is -0.459. The maximum absolute atomic E-state index is 11.4. The van der Waals surface area contributed by atoms with Gasteiger partial charge in [0, 0.05) is 5.92 Å². The first-order valence-electron chi connectivity index (χ1n) is 4.62. The van der Waals surface area contributed by atoms with Gasteiger partial charge in [-0.25, -0.2) is 4.79 Å². The van der Waals surface area contributed by atoms with Crippen molar-refractivity contribution in [3.8, 4) is 0 Å². The van der Waals surface area contributed by atoms with Crippen molar-refractivity contribution in [3.05, 3.63) is 21.7 Å². The standard InChI is InChI=1S/C9H11NO4/c1-2-13-9(12)6-7(5-3-4-5)14-10-8(6)11/h5H,2-4H2,1H3,(H,10,11). The Kier molecular flexibility index (Phi) is 2.15. The van der Waals surface area contributed by atoms with Crippen molar-refractivity contribution >= 4 is 5.97 Å². The molecule has 5 heteroatoms. The number of nitrogens with one attached hydrogen (secondary N) is 1. The molecule has 0 aromatic carbocycles. The van der Waals surface area contributed by atoms with Crippen LogP contribution in [0.15, 0.2) is 9.32 Å². The molecule has 2 rings (SSSR count). The van der Waals surface area contributed by atoms with E-state index in [1.807, 2.05) is 0 Å². The maximum atomic E-state index is 11.4. The van der Waals surface area contributed by atoms with Crippen molar-refractivity contribution in [1.82, 2.24) is 5.16 Å². The van der Waals surface area contributed by atoms with Gasteiger partial charge in [-0.05, 0) is 19.8 Å². The Morgan fingerprint density at radius 3 is 2.93 bits per heavy atom. The highest BCUT2D eigenvalue weighted by molar-refractivity contribution is 5.90. The lowest BCUT2D eigenvalue weighted by Gasteiger charge is -1.98. The number of aromatic amines is 1. The van der Waals surface area contributed by atoms with Crippen LogP contribution in [0.2, 0.25) is 0 Å². The normalized spacial score (nSPS) is 15.5. The minimum absolute atomic E-state index is 0.0364. The average Bonchev–Trinajstić information content (AvgIpc) is 2.90. The predicted molar refractivity (Wildman–Crippen MR) is 47.3 cm³/mol. The summed E-state index contributed by atoms with van der Waals surface area (Å²) in [6, 6.07) is 0. The zero-order chi connectivity index (χ0) is 10.1. The van der Waals surface area contributed by atoms with Gasteiger partial charge in [-0.2, -0.15) is 5.16 Å². The van der Waals surface area contributed by atoms with Gasteiger partial charge in [0.15, 0.2) is 11.3 Å². The van der Waals surface area contributed by atoms with Crippen LogP contribution in [0.3, 0.4) is 0 Å². The summed E-state index contributed by atoms with van der Waals surface area (Å²) in [7, 11) is 0. The Bertz CT molecular complexity index is 399. The molecule has 0 aliphatic heterocycles. The molecule has 0 atom stereocenters. The first kappa shape index (κ1) is 9.05. The van der Waals surface area contributed by atoms with Crippen molar-refractivity contribution in [1.29, 1.82) is 0 Å². The fourth-order valence-corrected chi connectivity index (χ4v) is 1.34. The van der Waals surface area contributed by atoms with Crippen LogP contribution in [0.1, 0.15) is 41.8 Å². The van der Waals surface area contributed by atoms with Crippen LogP contribution in [0.25, 0.3) is 0 Å². The van der Waals surface area contributed by atoms with Crippen molar-refractivity contribution < 1.29 is 14.1 Å². The molecule has 0 saturated heterocycles. The van der Waals surface area contributed by atoms with E-state index in [1.54, 1.807) is 6.92 Å². The van der Waals surface area contributed by atoms with Crippen molar-refractivity contribution in [2.45, 2.75) is 25.7 Å². The summed E-state index contributed by atoms with van der Waals surface area (Å²) in [4.78, 5) is 22.6. The van der Waals surface area contributed by atoms with E-state index in [0.29, 0.717) is 5.76 Å². The number of aromatic nitrogens is 1. The summed E-state index contributed by atoms with van der Waals surface area (Å²) < 4.78 is 9.72. The monoisotopic (exact) mass is 197 g/mol. The first-order valence-corrected chi connectivity index (χ1v) is 4.62. The summed E-state index contributed by atoms with van der Waals surface area (Å²) in [5.74, 6) is 0.0752. The Morgan fingerprint density at radius 2 is 2.36 bits per heavy atom. The lowest BCUT2D eigenvalue weighted by molar-refractivity contribution is 0.0522. The summed E-state index contributed by atoms with van der Waals surface area (Å²) in [5, 5.41) is 2.17. The van der Waals surface area contributed by atoms with Crippen LogP contribution in [-0.4, -0.2) is 17.7 Å². The van der Waals surface area contributed by atoms with Crippen molar-refractivity contribution in [3.63, 3.8) is 0 Å². The molecule has 1 aromatic heterocycles. The number of H-pyrrole nitrogens is 1. The third kappa shape index (κ3) is 1.45. The van der Waals surface area contributed by atoms with Gasteiger partial charge in [-0.1, -0.05) is 0 Å². The number of hydrogen-bond acceptors (Lipinski definition) is 4. The van der Waals surface area contributed by atoms with Crippen LogP contribution in [-0.2, 0) is 4.74 Å². The fraction of sp³-hybridized carbons (Fsp3) is 0.556. The Morgan fingerprint density at radius 1 is 1.64 bits per heavy atom. The van der Waals surface area contributed by atoms with Gasteiger partial charge in [-0.15, -0.1) is 0 Å². The molecule has 5 nitrogen and oxygen atoms in total. The summed E-state index contributed by atoms with van der Waals surface area (Å²) in [6.45, 7) is 1.95. The molecular weight excluding hydrogens is 186 g/mol. The minimum Gasteiger partial charge on any atom is -0.462 e. The number of hydrogen-bond donors (Lipinski definition) is 1. The van der Waals surface area contributed by atoms with Crippen LogP contribution < -0.4 is 5.56 Å². The highest BCUT2D eigenvalue weighted by atomic mass is 16.5. The lowest BCUT2D eigenvalue weighted by Crippen LogP contribution is -2.16. The number of carbonyl (C=O) groups is 1. The number of rotatable bonds is 3. The van der Waals surface area contributed by atoms with E-state index in [9.17, 15) is 9.59 Å². The van der Waals surface area contributed by atoms with Crippen LogP contribution in [0.5, 0.6) is 0 Å². The topological polar surface area (TPSA) is 72.3 Å². The molecule has 1 heterocycles. The molecule has 0 amide bonds. The van der Waals surface area contributed by atoms with Gasteiger partial charge in [0.2, 0.25) is 0 Å². The molecule has 14 heavy (non-hydrogen) atoms. The van der Waals surface area contributed by atoms with Gasteiger partial charge in [0.1, 0.15) is 0 Å². The van der Waals surface area contributed by atoms with Gasteiger partial charge in [-0.3, -0.25) is 4.79 Å². The van der Waals surface area contributed by atoms with Crippen molar-refractivity contribution in [2.24, 2.45) is 0 Å². The Balaban J connectivity index is 2.34. The maximum Gasteiger partial charge on any atom is 0.347 e. The first-order chi connectivity index (χ1) is 6.74. The number of carbonyl (C=O) groups excluding carboxylic acids is 1. The predicted octanol–water partition coefficient (Wildman–Crippen LogP) is 1.02. The quantitative estimate of drug-likeness (QED) is 0.734. The smallest absolute Gasteiger partial charge is 0.347 e. The van der Waals surface area contributed by atoms with Gasteiger partial charge >= 0.3 is 5.97 Å². The van der Waals surface area contributed by atoms with E-state index in [-0.39, 0.29) is 18.1 Å². The molecule has 76 valence electrons. The zero-order valence-corrected chi connectivity index (χ0v) is 7.83. The van der Waals surface area contributed by atoms with E-state index < -0.39 is 11.5 Å². The van der Waals surface area contributed by atoms with Crippen LogP contribution >= 0.6 is 0 Å². The second-order valence-electron chi connectivity index (χ2n) is 3.27. The third-order valence-corrected chi connectivity index (χ3v) is 2.15. The molecule has 1 aliphatic carbocycles. The second-order valence-corrected chi connectivity index (χ2v) is 3.27. The Hall–Kier alpha value is -1.52. The average molecular weight is 197 g/mol. The largest absolute Gasteiger partial charge is 0.462 e. The molecule has 0 unspecified atom stereocenters. The van der Waals surface area contributed by atoms with E-state index >= 15 is 0 Å². The molecule has 1 aliphatic rings. The van der Waals surface area contributed by atoms with E-state index in [0.717, 1.165) is 12.8 Å². The highest BCUT2D eigenvalue weighted by Crippen LogP contribution is 2.40. The van der Waals surface area contributed by atoms with Crippen LogP contribution in [0, 0.1) is 0 Å². The molecule has 1 saturated carbocycles. The molecule has 1 fully saturated rings. The van der Waals surface area contributed by atoms with E-state index in [2.05, 4.69) is 5.16 Å². The van der Waals surface area contributed by atoms with Gasteiger partial charge in [0.05, 0.1) is 6.61 Å². The molecule has 0 bridgehead atoms. The molecule has 0 spiro atoms. The zero-order valence-electron chi connectivity index (χ0n) is 7.83. The Labute approximate surface area is 80.0 Å².